The average molecular weight is 241 g/mol. The van der Waals surface area contributed by atoms with Gasteiger partial charge in [-0.2, -0.15) is 4.37 Å². The van der Waals surface area contributed by atoms with Crippen LogP contribution < -0.4 is 5.32 Å². The summed E-state index contributed by atoms with van der Waals surface area (Å²) in [4.78, 5) is 4.37. The van der Waals surface area contributed by atoms with Gasteiger partial charge in [-0.05, 0) is 12.8 Å². The van der Waals surface area contributed by atoms with Crippen LogP contribution in [0.3, 0.4) is 0 Å². The van der Waals surface area contributed by atoms with Gasteiger partial charge in [-0.25, -0.2) is 4.98 Å². The number of aliphatic hydroxyl groups is 1. The van der Waals surface area contributed by atoms with Gasteiger partial charge in [0.15, 0.2) is 0 Å². The van der Waals surface area contributed by atoms with Crippen LogP contribution in [0.15, 0.2) is 0 Å². The van der Waals surface area contributed by atoms with Gasteiger partial charge in [-0.15, -0.1) is 0 Å². The first-order chi connectivity index (χ1) is 7.79. The summed E-state index contributed by atoms with van der Waals surface area (Å²) in [6.45, 7) is 2.05. The summed E-state index contributed by atoms with van der Waals surface area (Å²) in [7, 11) is 0. The molecule has 0 radical (unpaired) electrons. The van der Waals surface area contributed by atoms with Crippen molar-refractivity contribution in [1.82, 2.24) is 9.36 Å². The predicted molar refractivity (Wildman–Crippen MR) is 65.8 cm³/mol. The molecular formula is C11H19N3OS. The third-order valence-corrected chi connectivity index (χ3v) is 3.76. The summed E-state index contributed by atoms with van der Waals surface area (Å²) in [5, 5.41) is 14.1. The lowest BCUT2D eigenvalue weighted by Crippen LogP contribution is -2.32. The number of rotatable bonds is 3. The molecule has 0 saturated heterocycles. The van der Waals surface area contributed by atoms with E-state index in [2.05, 4.69) is 14.7 Å². The first kappa shape index (κ1) is 11.8. The number of aromatic nitrogens is 2. The normalized spacial score (nSPS) is 26.4. The van der Waals surface area contributed by atoms with Crippen molar-refractivity contribution in [2.75, 3.05) is 5.32 Å². The molecule has 1 saturated carbocycles. The SMILES string of the molecule is CCc1nsc(NC2CCCCCC2O)n1. The van der Waals surface area contributed by atoms with E-state index >= 15 is 0 Å². The predicted octanol–water partition coefficient (Wildman–Crippen LogP) is 2.21. The van der Waals surface area contributed by atoms with Crippen molar-refractivity contribution < 1.29 is 5.11 Å². The van der Waals surface area contributed by atoms with Crippen LogP contribution in [0.2, 0.25) is 0 Å². The zero-order valence-corrected chi connectivity index (χ0v) is 10.5. The molecular weight excluding hydrogens is 222 g/mol. The number of nitrogens with one attached hydrogen (secondary N) is 1. The molecule has 16 heavy (non-hydrogen) atoms. The molecule has 2 rings (SSSR count). The minimum atomic E-state index is -0.239. The summed E-state index contributed by atoms with van der Waals surface area (Å²) in [6, 6.07) is 0.153. The molecule has 0 spiro atoms. The second-order valence-electron chi connectivity index (χ2n) is 4.33. The van der Waals surface area contributed by atoms with Gasteiger partial charge in [-0.1, -0.05) is 26.2 Å². The smallest absolute Gasteiger partial charge is 0.202 e. The molecule has 0 aromatic carbocycles. The Kier molecular flexibility index (Phi) is 4.12. The highest BCUT2D eigenvalue weighted by molar-refractivity contribution is 7.09. The largest absolute Gasteiger partial charge is 0.391 e. The quantitative estimate of drug-likeness (QED) is 0.797. The second-order valence-corrected chi connectivity index (χ2v) is 5.08. The summed E-state index contributed by atoms with van der Waals surface area (Å²) in [5.41, 5.74) is 0. The molecule has 90 valence electrons. The van der Waals surface area contributed by atoms with Crippen LogP contribution >= 0.6 is 11.5 Å². The summed E-state index contributed by atoms with van der Waals surface area (Å²) >= 11 is 1.39. The monoisotopic (exact) mass is 241 g/mol. The number of hydrogen-bond acceptors (Lipinski definition) is 5. The first-order valence-corrected chi connectivity index (χ1v) is 6.84. The maximum absolute atomic E-state index is 9.97. The standard InChI is InChI=1S/C11H19N3OS/c1-2-10-13-11(16-14-10)12-8-6-4-3-5-7-9(8)15/h8-9,15H,2-7H2,1H3,(H,12,13,14). The van der Waals surface area contributed by atoms with Crippen LogP contribution in [0.5, 0.6) is 0 Å². The Hall–Kier alpha value is -0.680. The summed E-state index contributed by atoms with van der Waals surface area (Å²) in [6.07, 6.45) is 6.11. The van der Waals surface area contributed by atoms with Crippen molar-refractivity contribution in [2.45, 2.75) is 57.6 Å². The van der Waals surface area contributed by atoms with Crippen molar-refractivity contribution >= 4 is 16.7 Å². The first-order valence-electron chi connectivity index (χ1n) is 6.06. The molecule has 2 unspecified atom stereocenters. The Morgan fingerprint density at radius 1 is 1.38 bits per heavy atom. The minimum Gasteiger partial charge on any atom is -0.391 e. The highest BCUT2D eigenvalue weighted by Crippen LogP contribution is 2.22. The highest BCUT2D eigenvalue weighted by atomic mass is 32.1. The van der Waals surface area contributed by atoms with E-state index in [-0.39, 0.29) is 12.1 Å². The van der Waals surface area contributed by atoms with Crippen molar-refractivity contribution in [1.29, 1.82) is 0 Å². The Morgan fingerprint density at radius 2 is 2.19 bits per heavy atom. The van der Waals surface area contributed by atoms with E-state index in [9.17, 15) is 5.11 Å². The topological polar surface area (TPSA) is 58.0 Å². The van der Waals surface area contributed by atoms with Crippen LogP contribution in [0.1, 0.15) is 44.9 Å². The van der Waals surface area contributed by atoms with E-state index in [1.807, 2.05) is 6.92 Å². The molecule has 0 amide bonds. The maximum atomic E-state index is 9.97. The van der Waals surface area contributed by atoms with Crippen LogP contribution in [0, 0.1) is 0 Å². The van der Waals surface area contributed by atoms with E-state index in [0.717, 1.165) is 36.6 Å². The minimum absolute atomic E-state index is 0.153. The molecule has 1 aromatic rings. The molecule has 1 aromatic heterocycles. The van der Waals surface area contributed by atoms with Gasteiger partial charge >= 0.3 is 0 Å². The third kappa shape index (κ3) is 2.92. The molecule has 1 heterocycles. The van der Waals surface area contributed by atoms with Gasteiger partial charge < -0.3 is 10.4 Å². The molecule has 0 aliphatic heterocycles. The van der Waals surface area contributed by atoms with Crippen LogP contribution in [-0.4, -0.2) is 26.6 Å². The lowest BCUT2D eigenvalue weighted by atomic mass is 10.1. The van der Waals surface area contributed by atoms with E-state index in [4.69, 9.17) is 0 Å². The number of nitrogens with zero attached hydrogens (tertiary/aromatic N) is 2. The molecule has 0 bridgehead atoms. The van der Waals surface area contributed by atoms with Crippen molar-refractivity contribution in [3.05, 3.63) is 5.82 Å². The van der Waals surface area contributed by atoms with Gasteiger partial charge in [0.2, 0.25) is 5.13 Å². The van der Waals surface area contributed by atoms with Crippen LogP contribution in [0.4, 0.5) is 5.13 Å². The Morgan fingerprint density at radius 3 is 2.94 bits per heavy atom. The van der Waals surface area contributed by atoms with E-state index in [1.165, 1.54) is 24.4 Å². The molecule has 2 atom stereocenters. The number of aliphatic hydroxyl groups excluding tert-OH is 1. The number of hydrogen-bond donors (Lipinski definition) is 2. The Balaban J connectivity index is 1.96. The molecule has 1 fully saturated rings. The fourth-order valence-electron chi connectivity index (χ4n) is 2.07. The van der Waals surface area contributed by atoms with Crippen molar-refractivity contribution in [2.24, 2.45) is 0 Å². The Labute approximate surface area is 100 Å². The van der Waals surface area contributed by atoms with Crippen molar-refractivity contribution in [3.8, 4) is 0 Å². The van der Waals surface area contributed by atoms with Gasteiger partial charge in [0.1, 0.15) is 5.82 Å². The van der Waals surface area contributed by atoms with Gasteiger partial charge in [0.25, 0.3) is 0 Å². The summed E-state index contributed by atoms with van der Waals surface area (Å²) in [5.74, 6) is 0.885. The molecule has 2 N–H and O–H groups in total. The van der Waals surface area contributed by atoms with Crippen LogP contribution in [0.25, 0.3) is 0 Å². The van der Waals surface area contributed by atoms with E-state index in [1.54, 1.807) is 0 Å². The lowest BCUT2D eigenvalue weighted by Gasteiger charge is -2.20. The van der Waals surface area contributed by atoms with Crippen molar-refractivity contribution in [3.63, 3.8) is 0 Å². The fourth-order valence-corrected chi connectivity index (χ4v) is 2.78. The number of aryl methyl sites for hydroxylation is 1. The van der Waals surface area contributed by atoms with E-state index in [0.29, 0.717) is 0 Å². The second kappa shape index (κ2) is 5.59. The summed E-state index contributed by atoms with van der Waals surface area (Å²) < 4.78 is 4.24. The molecule has 1 aliphatic rings. The average Bonchev–Trinajstić information content (AvgIpc) is 2.65. The maximum Gasteiger partial charge on any atom is 0.202 e. The fraction of sp³-hybridized carbons (Fsp3) is 0.818. The molecule has 1 aliphatic carbocycles. The zero-order valence-electron chi connectivity index (χ0n) is 9.65. The highest BCUT2D eigenvalue weighted by Gasteiger charge is 2.22. The van der Waals surface area contributed by atoms with E-state index < -0.39 is 0 Å². The molecule has 5 heteroatoms. The van der Waals surface area contributed by atoms with Gasteiger partial charge in [0.05, 0.1) is 12.1 Å². The third-order valence-electron chi connectivity index (χ3n) is 3.07. The Bertz CT molecular complexity index is 329. The van der Waals surface area contributed by atoms with Gasteiger partial charge in [0, 0.05) is 18.0 Å². The van der Waals surface area contributed by atoms with Gasteiger partial charge in [-0.3, -0.25) is 0 Å². The number of anilines is 1. The lowest BCUT2D eigenvalue weighted by molar-refractivity contribution is 0.144. The zero-order chi connectivity index (χ0) is 11.4. The molecule has 4 nitrogen and oxygen atoms in total. The van der Waals surface area contributed by atoms with Crippen LogP contribution in [-0.2, 0) is 6.42 Å².